The molecule has 22 heavy (non-hydrogen) atoms. The van der Waals surface area contributed by atoms with Gasteiger partial charge in [0, 0.05) is 17.6 Å². The first kappa shape index (κ1) is 19.0. The molecule has 0 bridgehead atoms. The van der Waals surface area contributed by atoms with Crippen LogP contribution in [0, 0.1) is 0 Å². The molecule has 1 unspecified atom stereocenters. The summed E-state index contributed by atoms with van der Waals surface area (Å²) >= 11 is 0. The van der Waals surface area contributed by atoms with Crippen LogP contribution >= 0.6 is 24.8 Å². The van der Waals surface area contributed by atoms with Gasteiger partial charge in [-0.1, -0.05) is 18.6 Å². The third-order valence-corrected chi connectivity index (χ3v) is 3.79. The van der Waals surface area contributed by atoms with E-state index in [4.69, 9.17) is 0 Å². The van der Waals surface area contributed by atoms with Gasteiger partial charge in [-0.05, 0) is 37.1 Å². The highest BCUT2D eigenvalue weighted by atomic mass is 35.5. The monoisotopic (exact) mass is 352 g/mol. The fraction of sp³-hybridized carbons (Fsp3) is 0.400. The Balaban J connectivity index is 0.00000121. The lowest BCUT2D eigenvalue weighted by molar-refractivity contribution is -0.136. The molecular formula is C15H17Cl2F3N2. The summed E-state index contributed by atoms with van der Waals surface area (Å²) in [6.07, 6.45) is 0.348. The molecule has 0 amide bonds. The molecule has 7 heteroatoms. The van der Waals surface area contributed by atoms with Crippen molar-refractivity contribution in [2.45, 2.75) is 31.5 Å². The molecule has 1 aliphatic rings. The van der Waals surface area contributed by atoms with Gasteiger partial charge in [0.2, 0.25) is 0 Å². The Morgan fingerprint density at radius 1 is 1.09 bits per heavy atom. The second kappa shape index (κ2) is 7.49. The van der Waals surface area contributed by atoms with Crippen molar-refractivity contribution in [2.75, 3.05) is 6.54 Å². The molecular weight excluding hydrogens is 336 g/mol. The van der Waals surface area contributed by atoms with Crippen LogP contribution in [-0.4, -0.2) is 11.5 Å². The summed E-state index contributed by atoms with van der Waals surface area (Å²) in [6.45, 7) is 0.903. The van der Waals surface area contributed by atoms with E-state index < -0.39 is 11.7 Å². The van der Waals surface area contributed by atoms with Gasteiger partial charge in [0.1, 0.15) is 0 Å². The normalized spacial score (nSPS) is 18.4. The maximum Gasteiger partial charge on any atom is 0.417 e. The van der Waals surface area contributed by atoms with Crippen LogP contribution in [0.2, 0.25) is 0 Å². The molecule has 0 radical (unpaired) electrons. The van der Waals surface area contributed by atoms with Gasteiger partial charge in [-0.15, -0.1) is 24.8 Å². The fourth-order valence-corrected chi connectivity index (χ4v) is 2.84. The Labute approximate surface area is 139 Å². The van der Waals surface area contributed by atoms with E-state index in [1.165, 1.54) is 12.1 Å². The van der Waals surface area contributed by atoms with Gasteiger partial charge >= 0.3 is 6.18 Å². The number of piperidine rings is 1. The molecule has 1 aliphatic heterocycles. The van der Waals surface area contributed by atoms with E-state index >= 15 is 0 Å². The van der Waals surface area contributed by atoms with E-state index in [1.54, 1.807) is 18.3 Å². The highest BCUT2D eigenvalue weighted by Crippen LogP contribution is 2.37. The van der Waals surface area contributed by atoms with Crippen molar-refractivity contribution in [2.24, 2.45) is 0 Å². The Kier molecular flexibility index (Phi) is 6.47. The van der Waals surface area contributed by atoms with Crippen LogP contribution in [0.1, 0.15) is 36.4 Å². The predicted molar refractivity (Wildman–Crippen MR) is 85.8 cm³/mol. The molecule has 1 N–H and O–H groups in total. The SMILES string of the molecule is Cl.Cl.FC(F)(F)c1ccc(C2CCCCN2)c2ncccc12. The summed E-state index contributed by atoms with van der Waals surface area (Å²) in [5, 5.41) is 3.55. The quantitative estimate of drug-likeness (QED) is 0.788. The Bertz CT molecular complexity index is 626. The number of hydrogen-bond donors (Lipinski definition) is 1. The largest absolute Gasteiger partial charge is 0.417 e. The van der Waals surface area contributed by atoms with Crippen molar-refractivity contribution in [3.63, 3.8) is 0 Å². The van der Waals surface area contributed by atoms with Crippen molar-refractivity contribution in [1.82, 2.24) is 10.3 Å². The molecule has 1 atom stereocenters. The van der Waals surface area contributed by atoms with Crippen LogP contribution in [0.25, 0.3) is 10.9 Å². The van der Waals surface area contributed by atoms with Gasteiger partial charge in [0.05, 0.1) is 11.1 Å². The fourth-order valence-electron chi connectivity index (χ4n) is 2.84. The van der Waals surface area contributed by atoms with E-state index in [0.29, 0.717) is 5.52 Å². The van der Waals surface area contributed by atoms with Gasteiger partial charge in [-0.2, -0.15) is 13.2 Å². The van der Waals surface area contributed by atoms with Crippen molar-refractivity contribution >= 4 is 35.7 Å². The van der Waals surface area contributed by atoms with Crippen molar-refractivity contribution < 1.29 is 13.2 Å². The molecule has 0 saturated carbocycles. The molecule has 1 aromatic heterocycles. The van der Waals surface area contributed by atoms with E-state index in [2.05, 4.69) is 10.3 Å². The van der Waals surface area contributed by atoms with Gasteiger partial charge in [-0.3, -0.25) is 4.98 Å². The molecule has 0 aliphatic carbocycles. The summed E-state index contributed by atoms with van der Waals surface area (Å²) in [5.74, 6) is 0. The molecule has 3 rings (SSSR count). The summed E-state index contributed by atoms with van der Waals surface area (Å²) in [5.41, 5.74) is 0.718. The van der Waals surface area contributed by atoms with E-state index in [0.717, 1.165) is 31.4 Å². The third-order valence-electron chi connectivity index (χ3n) is 3.79. The molecule has 2 aromatic rings. The number of halogens is 5. The van der Waals surface area contributed by atoms with Crippen molar-refractivity contribution in [3.8, 4) is 0 Å². The van der Waals surface area contributed by atoms with Crippen LogP contribution < -0.4 is 5.32 Å². The molecule has 1 saturated heterocycles. The molecule has 122 valence electrons. The van der Waals surface area contributed by atoms with Gasteiger partial charge in [0.15, 0.2) is 0 Å². The maximum atomic E-state index is 13.0. The van der Waals surface area contributed by atoms with Crippen LogP contribution in [0.15, 0.2) is 30.5 Å². The minimum atomic E-state index is -4.35. The number of nitrogens with one attached hydrogen (secondary N) is 1. The van der Waals surface area contributed by atoms with Gasteiger partial charge in [-0.25, -0.2) is 0 Å². The van der Waals surface area contributed by atoms with Gasteiger partial charge < -0.3 is 5.32 Å². The first-order valence-corrected chi connectivity index (χ1v) is 6.75. The van der Waals surface area contributed by atoms with Crippen LogP contribution in [0.5, 0.6) is 0 Å². The third kappa shape index (κ3) is 3.65. The average Bonchev–Trinajstić information content (AvgIpc) is 2.46. The van der Waals surface area contributed by atoms with Crippen LogP contribution in [0.3, 0.4) is 0 Å². The summed E-state index contributed by atoms with van der Waals surface area (Å²) in [4.78, 5) is 4.19. The number of rotatable bonds is 1. The number of fused-ring (bicyclic) bond motifs is 1. The molecule has 1 fully saturated rings. The number of pyridine rings is 1. The summed E-state index contributed by atoms with van der Waals surface area (Å²) in [7, 11) is 0. The zero-order valence-corrected chi connectivity index (χ0v) is 13.3. The minimum absolute atomic E-state index is 0. The van der Waals surface area contributed by atoms with Gasteiger partial charge in [0.25, 0.3) is 0 Å². The average molecular weight is 353 g/mol. The second-order valence-corrected chi connectivity index (χ2v) is 5.10. The number of nitrogens with zero attached hydrogens (tertiary/aromatic N) is 1. The lowest BCUT2D eigenvalue weighted by atomic mass is 9.93. The smallest absolute Gasteiger partial charge is 0.310 e. The highest BCUT2D eigenvalue weighted by Gasteiger charge is 2.33. The van der Waals surface area contributed by atoms with E-state index in [-0.39, 0.29) is 36.2 Å². The number of aromatic nitrogens is 1. The second-order valence-electron chi connectivity index (χ2n) is 5.10. The van der Waals surface area contributed by atoms with E-state index in [1.807, 2.05) is 0 Å². The number of alkyl halides is 3. The summed E-state index contributed by atoms with van der Waals surface area (Å²) in [6, 6.07) is 5.90. The van der Waals surface area contributed by atoms with Crippen molar-refractivity contribution in [3.05, 3.63) is 41.6 Å². The minimum Gasteiger partial charge on any atom is -0.310 e. The number of hydrogen-bond acceptors (Lipinski definition) is 2. The van der Waals surface area contributed by atoms with E-state index in [9.17, 15) is 13.2 Å². The molecule has 1 aromatic carbocycles. The lowest BCUT2D eigenvalue weighted by Crippen LogP contribution is -2.27. The first-order chi connectivity index (χ1) is 9.57. The van der Waals surface area contributed by atoms with Crippen LogP contribution in [-0.2, 0) is 6.18 Å². The molecule has 2 nitrogen and oxygen atoms in total. The maximum absolute atomic E-state index is 13.0. The zero-order chi connectivity index (χ0) is 14.2. The standard InChI is InChI=1S/C15H15F3N2.2ClH/c16-15(17,18)12-7-6-11(13-5-1-2-8-19-13)14-10(12)4-3-9-20-14;;/h3-4,6-7,9,13,19H,1-2,5,8H2;2*1H. The predicted octanol–water partition coefficient (Wildman–Crippen LogP) is 4.91. The number of benzene rings is 1. The topological polar surface area (TPSA) is 24.9 Å². The molecule has 2 heterocycles. The first-order valence-electron chi connectivity index (χ1n) is 6.75. The Hall–Kier alpha value is -1.04. The van der Waals surface area contributed by atoms with Crippen molar-refractivity contribution in [1.29, 1.82) is 0 Å². The molecule has 0 spiro atoms. The highest BCUT2D eigenvalue weighted by molar-refractivity contribution is 5.86. The van der Waals surface area contributed by atoms with Crippen LogP contribution in [0.4, 0.5) is 13.2 Å². The Morgan fingerprint density at radius 2 is 1.86 bits per heavy atom. The summed E-state index contributed by atoms with van der Waals surface area (Å²) < 4.78 is 39.1. The Morgan fingerprint density at radius 3 is 2.50 bits per heavy atom. The zero-order valence-electron chi connectivity index (χ0n) is 11.7. The lowest BCUT2D eigenvalue weighted by Gasteiger charge is -2.25.